The molecule has 2 aliphatic rings. The van der Waals surface area contributed by atoms with Gasteiger partial charge in [0.1, 0.15) is 0 Å². The molecule has 4 rings (SSSR count). The van der Waals surface area contributed by atoms with E-state index in [-0.39, 0.29) is 29.2 Å². The molecule has 2 saturated heterocycles. The first-order valence-corrected chi connectivity index (χ1v) is 10.9. The first-order valence-electron chi connectivity index (χ1n) is 10.9. The maximum absolute atomic E-state index is 12.6. The van der Waals surface area contributed by atoms with Gasteiger partial charge in [-0.05, 0) is 36.8 Å². The third-order valence-corrected chi connectivity index (χ3v) is 6.52. The van der Waals surface area contributed by atoms with Crippen molar-refractivity contribution in [1.82, 2.24) is 24.9 Å². The normalized spacial score (nSPS) is 21.2. The molecule has 1 unspecified atom stereocenters. The summed E-state index contributed by atoms with van der Waals surface area (Å²) in [7, 11) is 3.54. The van der Waals surface area contributed by atoms with Gasteiger partial charge in [0.15, 0.2) is 5.76 Å². The number of aromatic nitrogens is 2. The summed E-state index contributed by atoms with van der Waals surface area (Å²) >= 11 is 0. The minimum Gasteiger partial charge on any atom is -0.459 e. The predicted molar refractivity (Wildman–Crippen MR) is 112 cm³/mol. The molecule has 0 saturated carbocycles. The molecule has 0 aliphatic carbocycles. The number of nitrogens with zero attached hydrogens (tertiary/aromatic N) is 5. The zero-order chi connectivity index (χ0) is 22.2. The largest absolute Gasteiger partial charge is 0.459 e. The van der Waals surface area contributed by atoms with E-state index >= 15 is 0 Å². The molecule has 2 aliphatic heterocycles. The third kappa shape index (κ3) is 4.37. The second kappa shape index (κ2) is 8.45. The van der Waals surface area contributed by atoms with Gasteiger partial charge in [0.05, 0.1) is 18.8 Å². The zero-order valence-electron chi connectivity index (χ0n) is 18.7. The Balaban J connectivity index is 1.50. The minimum absolute atomic E-state index is 0.0175. The highest BCUT2D eigenvalue weighted by Crippen LogP contribution is 2.48. The van der Waals surface area contributed by atoms with E-state index in [4.69, 9.17) is 8.83 Å². The molecule has 9 heteroatoms. The number of likely N-dealkylation sites (N-methyl/N-ethyl adjacent to an activating group) is 1. The Morgan fingerprint density at radius 1 is 1.26 bits per heavy atom. The number of carbonyl (C=O) groups excluding carboxylic acids is 2. The van der Waals surface area contributed by atoms with Crippen LogP contribution < -0.4 is 0 Å². The Kier molecular flexibility index (Phi) is 5.88. The van der Waals surface area contributed by atoms with Gasteiger partial charge < -0.3 is 18.6 Å². The third-order valence-electron chi connectivity index (χ3n) is 6.52. The van der Waals surface area contributed by atoms with Crippen molar-refractivity contribution in [3.8, 4) is 0 Å². The van der Waals surface area contributed by atoms with Crippen LogP contribution >= 0.6 is 0 Å². The Labute approximate surface area is 182 Å². The van der Waals surface area contributed by atoms with Crippen LogP contribution in [0.25, 0.3) is 0 Å². The van der Waals surface area contributed by atoms with Crippen molar-refractivity contribution in [1.29, 1.82) is 0 Å². The van der Waals surface area contributed by atoms with Gasteiger partial charge in [-0.2, -0.15) is 0 Å². The molecule has 2 aromatic rings. The smallest absolute Gasteiger partial charge is 0.289 e. The molecule has 0 radical (unpaired) electrons. The van der Waals surface area contributed by atoms with E-state index < -0.39 is 0 Å². The highest BCUT2D eigenvalue weighted by Gasteiger charge is 2.48. The van der Waals surface area contributed by atoms with Crippen molar-refractivity contribution >= 4 is 11.8 Å². The van der Waals surface area contributed by atoms with Crippen LogP contribution in [0.1, 0.15) is 67.4 Å². The van der Waals surface area contributed by atoms with Crippen molar-refractivity contribution in [2.75, 3.05) is 40.3 Å². The molecular weight excluding hydrogens is 398 g/mol. The van der Waals surface area contributed by atoms with Crippen LogP contribution in [-0.2, 0) is 4.79 Å². The first-order chi connectivity index (χ1) is 14.8. The zero-order valence-corrected chi connectivity index (χ0v) is 18.7. The lowest BCUT2D eigenvalue weighted by atomic mass is 9.76. The van der Waals surface area contributed by atoms with Crippen molar-refractivity contribution < 1.29 is 18.4 Å². The maximum atomic E-state index is 12.6. The van der Waals surface area contributed by atoms with E-state index in [2.05, 4.69) is 15.1 Å². The molecule has 9 nitrogen and oxygen atoms in total. The van der Waals surface area contributed by atoms with Crippen molar-refractivity contribution in [3.63, 3.8) is 0 Å². The lowest BCUT2D eigenvalue weighted by molar-refractivity contribution is -0.130. The number of likely N-dealkylation sites (tertiary alicyclic amines) is 2. The van der Waals surface area contributed by atoms with Gasteiger partial charge in [-0.3, -0.25) is 14.5 Å². The number of furan rings is 1. The second-order valence-corrected chi connectivity index (χ2v) is 9.32. The van der Waals surface area contributed by atoms with E-state index in [9.17, 15) is 9.59 Å². The standard InChI is InChI=1S/C22H31N5O4/c1-15(2)19-23-24-20(31-19)16-12-22(14-27(16)13-18(28)25(3)4)7-9-26(10-8-22)21(29)17-6-5-11-30-17/h5-6,11,15-16H,7-10,12-14H2,1-4H3. The molecule has 0 bridgehead atoms. The number of hydrogen-bond donors (Lipinski definition) is 0. The van der Waals surface area contributed by atoms with Crippen LogP contribution in [0, 0.1) is 5.41 Å². The van der Waals surface area contributed by atoms with Crippen molar-refractivity contribution in [3.05, 3.63) is 35.9 Å². The summed E-state index contributed by atoms with van der Waals surface area (Å²) < 4.78 is 11.3. The lowest BCUT2D eigenvalue weighted by Gasteiger charge is -2.39. The number of amides is 2. The summed E-state index contributed by atoms with van der Waals surface area (Å²) in [6.07, 6.45) is 4.10. The summed E-state index contributed by atoms with van der Waals surface area (Å²) in [4.78, 5) is 30.8. The molecular formula is C22H31N5O4. The topological polar surface area (TPSA) is 95.9 Å². The average Bonchev–Trinajstić information content (AvgIpc) is 3.48. The molecule has 2 fully saturated rings. The summed E-state index contributed by atoms with van der Waals surface area (Å²) in [6.45, 7) is 6.47. The van der Waals surface area contributed by atoms with E-state index in [1.165, 1.54) is 6.26 Å². The molecule has 2 aromatic heterocycles. The molecule has 31 heavy (non-hydrogen) atoms. The Hall–Kier alpha value is -2.68. The first kappa shape index (κ1) is 21.5. The molecule has 2 amide bonds. The Morgan fingerprint density at radius 2 is 2.00 bits per heavy atom. The lowest BCUT2D eigenvalue weighted by Crippen LogP contribution is -2.45. The van der Waals surface area contributed by atoms with Crippen LogP contribution in [-0.4, -0.2) is 77.0 Å². The quantitative estimate of drug-likeness (QED) is 0.721. The Morgan fingerprint density at radius 3 is 2.58 bits per heavy atom. The van der Waals surface area contributed by atoms with Gasteiger partial charge in [-0.25, -0.2) is 0 Å². The summed E-state index contributed by atoms with van der Waals surface area (Å²) in [5, 5.41) is 8.52. The van der Waals surface area contributed by atoms with Gasteiger partial charge in [-0.15, -0.1) is 10.2 Å². The van der Waals surface area contributed by atoms with Gasteiger partial charge in [0, 0.05) is 39.6 Å². The fraction of sp³-hybridized carbons (Fsp3) is 0.636. The van der Waals surface area contributed by atoms with Gasteiger partial charge >= 0.3 is 0 Å². The van der Waals surface area contributed by atoms with E-state index in [0.717, 1.165) is 25.8 Å². The fourth-order valence-electron chi connectivity index (χ4n) is 4.59. The SMILES string of the molecule is CC(C)c1nnc(C2CC3(CCN(C(=O)c4ccco4)CC3)CN2CC(=O)N(C)C)o1. The minimum atomic E-state index is -0.0868. The summed E-state index contributed by atoms with van der Waals surface area (Å²) in [5.74, 6) is 1.73. The van der Waals surface area contributed by atoms with Crippen molar-refractivity contribution in [2.45, 2.75) is 45.1 Å². The number of rotatable bonds is 5. The van der Waals surface area contributed by atoms with Crippen LogP contribution in [0.3, 0.4) is 0 Å². The molecule has 4 heterocycles. The van der Waals surface area contributed by atoms with Crippen LogP contribution in [0.5, 0.6) is 0 Å². The molecule has 168 valence electrons. The van der Waals surface area contributed by atoms with Crippen molar-refractivity contribution in [2.24, 2.45) is 5.41 Å². The van der Waals surface area contributed by atoms with Crippen LogP contribution in [0.2, 0.25) is 0 Å². The molecule has 1 atom stereocenters. The fourth-order valence-corrected chi connectivity index (χ4v) is 4.59. The number of carbonyl (C=O) groups is 2. The van der Waals surface area contributed by atoms with Gasteiger partial charge in [0.25, 0.3) is 5.91 Å². The summed E-state index contributed by atoms with van der Waals surface area (Å²) in [6, 6.07) is 3.35. The molecule has 0 aromatic carbocycles. The summed E-state index contributed by atoms with van der Waals surface area (Å²) in [5.41, 5.74) is 0.0175. The van der Waals surface area contributed by atoms with Crippen LogP contribution in [0.15, 0.2) is 27.2 Å². The maximum Gasteiger partial charge on any atom is 0.289 e. The van der Waals surface area contributed by atoms with E-state index in [1.54, 1.807) is 31.1 Å². The van der Waals surface area contributed by atoms with Gasteiger partial charge in [-0.1, -0.05) is 13.8 Å². The second-order valence-electron chi connectivity index (χ2n) is 9.32. The predicted octanol–water partition coefficient (Wildman–Crippen LogP) is 2.54. The highest BCUT2D eigenvalue weighted by molar-refractivity contribution is 5.91. The van der Waals surface area contributed by atoms with E-state index in [0.29, 0.717) is 37.2 Å². The monoisotopic (exact) mass is 429 g/mol. The Bertz CT molecular complexity index is 912. The number of piperidine rings is 1. The molecule has 1 spiro atoms. The highest BCUT2D eigenvalue weighted by atomic mass is 16.4. The van der Waals surface area contributed by atoms with Crippen LogP contribution in [0.4, 0.5) is 0 Å². The average molecular weight is 430 g/mol. The van der Waals surface area contributed by atoms with Gasteiger partial charge in [0.2, 0.25) is 17.7 Å². The number of hydrogen-bond acceptors (Lipinski definition) is 7. The molecule has 0 N–H and O–H groups in total. The van der Waals surface area contributed by atoms with E-state index in [1.807, 2.05) is 18.7 Å².